The first-order valence-corrected chi connectivity index (χ1v) is 7.66. The molecule has 0 atom stereocenters. The fraction of sp³-hybridized carbons (Fsp3) is 0.111. The summed E-state index contributed by atoms with van der Waals surface area (Å²) in [5.74, 6) is -1.52. The number of urea groups is 1. The largest absolute Gasteiger partial charge is 0.334 e. The highest BCUT2D eigenvalue weighted by atomic mass is 19.1. The zero-order chi connectivity index (χ0) is 17.6. The third kappa shape index (κ3) is 4.41. The summed E-state index contributed by atoms with van der Waals surface area (Å²) in [6.45, 7) is 0.852. The average molecular weight is 342 g/mol. The molecule has 0 saturated heterocycles. The second kappa shape index (κ2) is 7.57. The summed E-state index contributed by atoms with van der Waals surface area (Å²) >= 11 is 0. The lowest BCUT2D eigenvalue weighted by Gasteiger charge is -2.12. The number of carbonyl (C=O) groups excluding carboxylic acids is 1. The van der Waals surface area contributed by atoms with Gasteiger partial charge in [-0.05, 0) is 29.3 Å². The van der Waals surface area contributed by atoms with Gasteiger partial charge in [0.25, 0.3) is 0 Å². The van der Waals surface area contributed by atoms with E-state index in [1.54, 1.807) is 10.9 Å². The molecule has 128 valence electrons. The van der Waals surface area contributed by atoms with E-state index in [2.05, 4.69) is 15.7 Å². The Morgan fingerprint density at radius 3 is 2.60 bits per heavy atom. The number of nitrogens with one attached hydrogen (secondary N) is 2. The van der Waals surface area contributed by atoms with E-state index in [4.69, 9.17) is 0 Å². The summed E-state index contributed by atoms with van der Waals surface area (Å²) in [4.78, 5) is 12.0. The second-order valence-corrected chi connectivity index (χ2v) is 5.40. The molecule has 3 aromatic rings. The lowest BCUT2D eigenvalue weighted by molar-refractivity contribution is 0.251. The number of nitrogens with zero attached hydrogens (tertiary/aromatic N) is 2. The first-order chi connectivity index (χ1) is 12.1. The molecule has 2 aromatic carbocycles. The highest BCUT2D eigenvalue weighted by Crippen LogP contribution is 2.15. The second-order valence-electron chi connectivity index (χ2n) is 5.40. The van der Waals surface area contributed by atoms with Crippen molar-refractivity contribution in [3.8, 4) is 0 Å². The van der Waals surface area contributed by atoms with Crippen LogP contribution in [0.15, 0.2) is 60.9 Å². The number of hydrogen-bond donors (Lipinski definition) is 2. The van der Waals surface area contributed by atoms with Gasteiger partial charge in [-0.1, -0.05) is 24.3 Å². The van der Waals surface area contributed by atoms with Crippen LogP contribution in [0.3, 0.4) is 0 Å². The maximum Gasteiger partial charge on any atom is 0.319 e. The van der Waals surface area contributed by atoms with Crippen LogP contribution >= 0.6 is 0 Å². The van der Waals surface area contributed by atoms with Gasteiger partial charge in [0.15, 0.2) is 0 Å². The summed E-state index contributed by atoms with van der Waals surface area (Å²) in [5, 5.41) is 9.20. The molecular formula is C18H16F2N4O. The first kappa shape index (κ1) is 16.6. The monoisotopic (exact) mass is 342 g/mol. The molecule has 0 radical (unpaired) electrons. The zero-order valence-corrected chi connectivity index (χ0v) is 13.2. The van der Waals surface area contributed by atoms with Gasteiger partial charge in [0, 0.05) is 25.0 Å². The summed E-state index contributed by atoms with van der Waals surface area (Å²) in [7, 11) is 0. The highest BCUT2D eigenvalue weighted by molar-refractivity contribution is 5.89. The quantitative estimate of drug-likeness (QED) is 0.745. The molecule has 2 N–H and O–H groups in total. The van der Waals surface area contributed by atoms with E-state index in [1.807, 2.05) is 36.5 Å². The number of hydrogen-bond acceptors (Lipinski definition) is 2. The normalized spacial score (nSPS) is 10.5. The average Bonchev–Trinajstić information content (AvgIpc) is 3.10. The molecule has 0 bridgehead atoms. The maximum absolute atomic E-state index is 13.6. The number of aromatic nitrogens is 2. The first-order valence-electron chi connectivity index (χ1n) is 7.66. The summed E-state index contributed by atoms with van der Waals surface area (Å²) in [6.07, 6.45) is 3.56. The van der Waals surface area contributed by atoms with Crippen LogP contribution < -0.4 is 10.6 Å². The van der Waals surface area contributed by atoms with Crippen LogP contribution in [-0.2, 0) is 13.1 Å². The van der Waals surface area contributed by atoms with Gasteiger partial charge < -0.3 is 10.6 Å². The molecule has 0 aliphatic heterocycles. The lowest BCUT2D eigenvalue weighted by Crippen LogP contribution is -2.29. The van der Waals surface area contributed by atoms with E-state index in [9.17, 15) is 13.6 Å². The fourth-order valence-electron chi connectivity index (χ4n) is 2.39. The zero-order valence-electron chi connectivity index (χ0n) is 13.2. The van der Waals surface area contributed by atoms with Crippen LogP contribution in [0.4, 0.5) is 19.3 Å². The molecule has 0 aliphatic carbocycles. The van der Waals surface area contributed by atoms with Crippen molar-refractivity contribution in [3.63, 3.8) is 0 Å². The van der Waals surface area contributed by atoms with E-state index in [0.29, 0.717) is 6.54 Å². The van der Waals surface area contributed by atoms with Gasteiger partial charge >= 0.3 is 6.03 Å². The molecule has 25 heavy (non-hydrogen) atoms. The van der Waals surface area contributed by atoms with E-state index >= 15 is 0 Å². The van der Waals surface area contributed by atoms with Crippen LogP contribution in [0, 0.1) is 11.6 Å². The molecule has 0 unspecified atom stereocenters. The topological polar surface area (TPSA) is 59.0 Å². The minimum absolute atomic E-state index is 0.0799. The van der Waals surface area contributed by atoms with Crippen LogP contribution in [-0.4, -0.2) is 15.8 Å². The standard InChI is InChI=1S/C18H16F2N4O/c19-15-6-7-17(16(20)10-15)23-18(25)21-11-13-4-1-2-5-14(13)12-24-9-3-8-22-24/h1-10H,11-12H2,(H2,21,23,25). The van der Waals surface area contributed by atoms with Gasteiger partial charge in [-0.15, -0.1) is 0 Å². The molecule has 3 rings (SSSR count). The predicted molar refractivity (Wildman–Crippen MR) is 90.0 cm³/mol. The number of rotatable bonds is 5. The van der Waals surface area contributed by atoms with E-state index in [0.717, 1.165) is 23.3 Å². The number of benzene rings is 2. The Morgan fingerprint density at radius 1 is 1.08 bits per heavy atom. The molecule has 0 spiro atoms. The van der Waals surface area contributed by atoms with Crippen molar-refractivity contribution in [3.05, 3.63) is 83.7 Å². The van der Waals surface area contributed by atoms with E-state index in [1.165, 1.54) is 6.07 Å². The third-order valence-corrected chi connectivity index (χ3v) is 3.63. The Morgan fingerprint density at radius 2 is 1.88 bits per heavy atom. The Balaban J connectivity index is 1.62. The molecule has 1 aromatic heterocycles. The minimum atomic E-state index is -0.825. The Labute approximate surface area is 143 Å². The highest BCUT2D eigenvalue weighted by Gasteiger charge is 2.09. The van der Waals surface area contributed by atoms with Crippen molar-refractivity contribution in [2.45, 2.75) is 13.1 Å². The van der Waals surface area contributed by atoms with Crippen LogP contribution in [0.25, 0.3) is 0 Å². The molecule has 1 heterocycles. The number of anilines is 1. The van der Waals surface area contributed by atoms with Crippen molar-refractivity contribution >= 4 is 11.7 Å². The summed E-state index contributed by atoms with van der Waals surface area (Å²) in [5.41, 5.74) is 1.86. The summed E-state index contributed by atoms with van der Waals surface area (Å²) in [6, 6.07) is 11.9. The number of amides is 2. The molecule has 0 aliphatic rings. The third-order valence-electron chi connectivity index (χ3n) is 3.63. The number of halogens is 2. The summed E-state index contributed by atoms with van der Waals surface area (Å²) < 4.78 is 28.2. The molecule has 7 heteroatoms. The fourth-order valence-corrected chi connectivity index (χ4v) is 2.39. The maximum atomic E-state index is 13.6. The van der Waals surface area contributed by atoms with Gasteiger partial charge in [0.2, 0.25) is 0 Å². The van der Waals surface area contributed by atoms with Gasteiger partial charge in [-0.25, -0.2) is 13.6 Å². The van der Waals surface area contributed by atoms with Crippen molar-refractivity contribution in [2.24, 2.45) is 0 Å². The molecule has 0 fully saturated rings. The smallest absolute Gasteiger partial charge is 0.319 e. The van der Waals surface area contributed by atoms with E-state index < -0.39 is 17.7 Å². The van der Waals surface area contributed by atoms with Crippen LogP contribution in [0.1, 0.15) is 11.1 Å². The Kier molecular flexibility index (Phi) is 5.03. The van der Waals surface area contributed by atoms with Crippen LogP contribution in [0.5, 0.6) is 0 Å². The minimum Gasteiger partial charge on any atom is -0.334 e. The Hall–Kier alpha value is -3.22. The van der Waals surface area contributed by atoms with Crippen molar-refractivity contribution < 1.29 is 13.6 Å². The molecule has 5 nitrogen and oxygen atoms in total. The van der Waals surface area contributed by atoms with Crippen molar-refractivity contribution in [2.75, 3.05) is 5.32 Å². The van der Waals surface area contributed by atoms with Gasteiger partial charge in [0.05, 0.1) is 12.2 Å². The van der Waals surface area contributed by atoms with E-state index in [-0.39, 0.29) is 12.2 Å². The molecule has 0 saturated carbocycles. The molecular weight excluding hydrogens is 326 g/mol. The van der Waals surface area contributed by atoms with Crippen molar-refractivity contribution in [1.82, 2.24) is 15.1 Å². The van der Waals surface area contributed by atoms with Gasteiger partial charge in [-0.2, -0.15) is 5.10 Å². The van der Waals surface area contributed by atoms with Gasteiger partial charge in [0.1, 0.15) is 11.6 Å². The van der Waals surface area contributed by atoms with Crippen molar-refractivity contribution in [1.29, 1.82) is 0 Å². The number of carbonyl (C=O) groups is 1. The van der Waals surface area contributed by atoms with Gasteiger partial charge in [-0.3, -0.25) is 4.68 Å². The SMILES string of the molecule is O=C(NCc1ccccc1Cn1cccn1)Nc1ccc(F)cc1F. The Bertz CT molecular complexity index is 865. The predicted octanol–water partition coefficient (Wildman–Crippen LogP) is 3.53. The molecule has 2 amide bonds. The lowest BCUT2D eigenvalue weighted by atomic mass is 10.1. The van der Waals surface area contributed by atoms with Crippen LogP contribution in [0.2, 0.25) is 0 Å².